The van der Waals surface area contributed by atoms with Gasteiger partial charge in [-0.2, -0.15) is 5.10 Å². The van der Waals surface area contributed by atoms with Crippen molar-refractivity contribution in [2.45, 2.75) is 19.8 Å². The minimum Gasteiger partial charge on any atom is -0.492 e. The Kier molecular flexibility index (Phi) is 4.79. The van der Waals surface area contributed by atoms with Crippen molar-refractivity contribution in [1.82, 2.24) is 14.6 Å². The number of ether oxygens (including phenoxy) is 1. The van der Waals surface area contributed by atoms with Crippen LogP contribution < -0.4 is 10.5 Å². The van der Waals surface area contributed by atoms with E-state index in [0.717, 1.165) is 30.0 Å². The zero-order valence-electron chi connectivity index (χ0n) is 13.7. The van der Waals surface area contributed by atoms with Crippen LogP contribution in [0.4, 0.5) is 5.95 Å². The van der Waals surface area contributed by atoms with Gasteiger partial charge in [-0.15, -0.1) is 0 Å². The van der Waals surface area contributed by atoms with Crippen LogP contribution in [-0.2, 0) is 4.79 Å². The Morgan fingerprint density at radius 3 is 2.79 bits per heavy atom. The van der Waals surface area contributed by atoms with Crippen molar-refractivity contribution >= 4 is 18.1 Å². The van der Waals surface area contributed by atoms with Crippen LogP contribution in [0.15, 0.2) is 35.6 Å². The van der Waals surface area contributed by atoms with E-state index in [4.69, 9.17) is 10.5 Å². The molecule has 1 aromatic carbocycles. The Balaban J connectivity index is 1.51. The number of carbonyl (C=O) groups is 1. The highest BCUT2D eigenvalue weighted by molar-refractivity contribution is 5.79. The van der Waals surface area contributed by atoms with Gasteiger partial charge in [0.1, 0.15) is 12.4 Å². The molecule has 1 amide bonds. The molecule has 3 rings (SSSR count). The van der Waals surface area contributed by atoms with Gasteiger partial charge >= 0.3 is 0 Å². The van der Waals surface area contributed by atoms with Crippen LogP contribution in [0.1, 0.15) is 24.1 Å². The highest BCUT2D eigenvalue weighted by atomic mass is 16.5. The molecule has 2 heterocycles. The van der Waals surface area contributed by atoms with Gasteiger partial charge in [-0.05, 0) is 43.2 Å². The van der Waals surface area contributed by atoms with Gasteiger partial charge in [-0.25, -0.2) is 9.66 Å². The first kappa shape index (κ1) is 16.0. The Morgan fingerprint density at radius 2 is 2.17 bits per heavy atom. The highest BCUT2D eigenvalue weighted by Crippen LogP contribution is 2.13. The van der Waals surface area contributed by atoms with Gasteiger partial charge in [0.15, 0.2) is 0 Å². The van der Waals surface area contributed by atoms with Crippen molar-refractivity contribution < 1.29 is 9.53 Å². The molecule has 0 bridgehead atoms. The summed E-state index contributed by atoms with van der Waals surface area (Å²) in [6, 6.07) is 7.60. The van der Waals surface area contributed by atoms with Crippen LogP contribution in [-0.4, -0.2) is 46.4 Å². The third-order valence-electron chi connectivity index (χ3n) is 3.85. The van der Waals surface area contributed by atoms with Gasteiger partial charge < -0.3 is 15.4 Å². The van der Waals surface area contributed by atoms with Crippen LogP contribution in [0.5, 0.6) is 5.75 Å². The van der Waals surface area contributed by atoms with Gasteiger partial charge in [-0.1, -0.05) is 0 Å². The average molecular weight is 327 g/mol. The highest BCUT2D eigenvalue weighted by Gasteiger charge is 2.19. The maximum atomic E-state index is 11.5. The molecular formula is C17H21N5O2. The van der Waals surface area contributed by atoms with E-state index in [1.807, 2.05) is 36.1 Å². The van der Waals surface area contributed by atoms with Gasteiger partial charge in [0, 0.05) is 13.0 Å². The SMILES string of the molecule is Cc1cn(N=Cc2ccc(OCCN3CCCC3=O)cc2)c(N)n1. The maximum Gasteiger partial charge on any atom is 0.222 e. The normalized spacial score (nSPS) is 14.7. The molecule has 0 saturated carbocycles. The number of hydrogen-bond donors (Lipinski definition) is 1. The van der Waals surface area contributed by atoms with E-state index in [1.165, 1.54) is 4.68 Å². The molecule has 0 aliphatic carbocycles. The number of nitrogen functional groups attached to an aromatic ring is 1. The lowest BCUT2D eigenvalue weighted by molar-refractivity contribution is -0.128. The van der Waals surface area contributed by atoms with Crippen molar-refractivity contribution in [1.29, 1.82) is 0 Å². The predicted molar refractivity (Wildman–Crippen MR) is 92.1 cm³/mol. The summed E-state index contributed by atoms with van der Waals surface area (Å²) in [5.41, 5.74) is 7.49. The summed E-state index contributed by atoms with van der Waals surface area (Å²) in [7, 11) is 0. The van der Waals surface area contributed by atoms with Crippen LogP contribution >= 0.6 is 0 Å². The van der Waals surface area contributed by atoms with Crippen LogP contribution in [0.2, 0.25) is 0 Å². The average Bonchev–Trinajstić information content (AvgIpc) is 3.12. The van der Waals surface area contributed by atoms with E-state index in [2.05, 4.69) is 10.1 Å². The molecule has 1 aromatic heterocycles. The zero-order valence-corrected chi connectivity index (χ0v) is 13.7. The van der Waals surface area contributed by atoms with E-state index < -0.39 is 0 Å². The Bertz CT molecular complexity index is 736. The summed E-state index contributed by atoms with van der Waals surface area (Å²) in [6.45, 7) is 3.85. The van der Waals surface area contributed by atoms with Gasteiger partial charge in [-0.3, -0.25) is 4.79 Å². The molecule has 24 heavy (non-hydrogen) atoms. The quantitative estimate of drug-likeness (QED) is 0.818. The summed E-state index contributed by atoms with van der Waals surface area (Å²) in [6.07, 6.45) is 5.09. The first-order valence-corrected chi connectivity index (χ1v) is 7.98. The fourth-order valence-electron chi connectivity index (χ4n) is 2.59. The fraction of sp³-hybridized carbons (Fsp3) is 0.353. The Labute approximate surface area is 140 Å². The number of aryl methyl sites for hydroxylation is 1. The molecular weight excluding hydrogens is 306 g/mol. The van der Waals surface area contributed by atoms with Crippen molar-refractivity contribution in [3.63, 3.8) is 0 Å². The summed E-state index contributed by atoms with van der Waals surface area (Å²) in [4.78, 5) is 17.5. The van der Waals surface area contributed by atoms with Gasteiger partial charge in [0.05, 0.1) is 24.7 Å². The van der Waals surface area contributed by atoms with Crippen molar-refractivity contribution in [3.05, 3.63) is 41.7 Å². The summed E-state index contributed by atoms with van der Waals surface area (Å²) in [5, 5.41) is 4.27. The third kappa shape index (κ3) is 3.92. The van der Waals surface area contributed by atoms with Crippen LogP contribution in [0.25, 0.3) is 0 Å². The molecule has 0 atom stereocenters. The fourth-order valence-corrected chi connectivity index (χ4v) is 2.59. The largest absolute Gasteiger partial charge is 0.492 e. The lowest BCUT2D eigenvalue weighted by atomic mass is 10.2. The molecule has 0 unspecified atom stereocenters. The first-order chi connectivity index (χ1) is 11.6. The number of benzene rings is 1. The van der Waals surface area contributed by atoms with Crippen molar-refractivity contribution in [2.75, 3.05) is 25.4 Å². The molecule has 1 saturated heterocycles. The molecule has 1 fully saturated rings. The molecule has 2 N–H and O–H groups in total. The number of anilines is 1. The molecule has 0 radical (unpaired) electrons. The number of nitrogens with zero attached hydrogens (tertiary/aromatic N) is 4. The Morgan fingerprint density at radius 1 is 1.38 bits per heavy atom. The Hall–Kier alpha value is -2.83. The third-order valence-corrected chi connectivity index (χ3v) is 3.85. The number of nitrogens with two attached hydrogens (primary N) is 1. The lowest BCUT2D eigenvalue weighted by Gasteiger charge is -2.15. The summed E-state index contributed by atoms with van der Waals surface area (Å²) < 4.78 is 7.22. The van der Waals surface area contributed by atoms with E-state index in [0.29, 0.717) is 25.5 Å². The second-order valence-corrected chi connectivity index (χ2v) is 5.73. The van der Waals surface area contributed by atoms with Crippen LogP contribution in [0.3, 0.4) is 0 Å². The van der Waals surface area contributed by atoms with E-state index in [1.54, 1.807) is 12.4 Å². The number of likely N-dealkylation sites (tertiary alicyclic amines) is 1. The lowest BCUT2D eigenvalue weighted by Crippen LogP contribution is -2.29. The summed E-state index contributed by atoms with van der Waals surface area (Å²) in [5.74, 6) is 1.36. The van der Waals surface area contributed by atoms with Crippen LogP contribution in [0, 0.1) is 6.92 Å². The predicted octanol–water partition coefficient (Wildman–Crippen LogP) is 1.66. The molecule has 2 aromatic rings. The van der Waals surface area contributed by atoms with Gasteiger partial charge in [0.2, 0.25) is 11.9 Å². The minimum absolute atomic E-state index is 0.221. The number of carbonyl (C=O) groups excluding carboxylic acids is 1. The standard InChI is InChI=1S/C17H21N5O2/c1-13-12-22(17(18)20-13)19-11-14-4-6-15(7-5-14)24-10-9-21-8-2-3-16(21)23/h4-7,11-12H,2-3,8-10H2,1H3,(H2,18,20). The first-order valence-electron chi connectivity index (χ1n) is 7.98. The second-order valence-electron chi connectivity index (χ2n) is 5.73. The van der Waals surface area contributed by atoms with Crippen molar-refractivity contribution in [3.8, 4) is 5.75 Å². The molecule has 7 nitrogen and oxygen atoms in total. The van der Waals surface area contributed by atoms with Crippen molar-refractivity contribution in [2.24, 2.45) is 5.10 Å². The minimum atomic E-state index is 0.221. The topological polar surface area (TPSA) is 85.7 Å². The summed E-state index contributed by atoms with van der Waals surface area (Å²) >= 11 is 0. The smallest absolute Gasteiger partial charge is 0.222 e. The zero-order chi connectivity index (χ0) is 16.9. The molecule has 126 valence electrons. The number of hydrogen-bond acceptors (Lipinski definition) is 5. The maximum absolute atomic E-state index is 11.5. The number of imidazole rings is 1. The molecule has 1 aliphatic rings. The number of rotatable bonds is 6. The molecule has 1 aliphatic heterocycles. The molecule has 7 heteroatoms. The second kappa shape index (κ2) is 7.16. The van der Waals surface area contributed by atoms with Gasteiger partial charge in [0.25, 0.3) is 0 Å². The monoisotopic (exact) mass is 327 g/mol. The van der Waals surface area contributed by atoms with E-state index in [9.17, 15) is 4.79 Å². The van der Waals surface area contributed by atoms with E-state index >= 15 is 0 Å². The number of aromatic nitrogens is 2. The number of amides is 1. The van der Waals surface area contributed by atoms with E-state index in [-0.39, 0.29) is 5.91 Å². The molecule has 0 spiro atoms.